The number of fused-ring (bicyclic) bond motifs is 2. The van der Waals surface area contributed by atoms with Gasteiger partial charge in [-0.25, -0.2) is 0 Å². The van der Waals surface area contributed by atoms with Crippen molar-refractivity contribution >= 4 is 16.8 Å². The lowest BCUT2D eigenvalue weighted by molar-refractivity contribution is -0.132. The highest BCUT2D eigenvalue weighted by Gasteiger charge is 2.34. The SMILES string of the molecule is CCC(=O)N1CCc2cc(OC)c(OC)cc2C1c1cc2cc(CC)ccc2[nH]c1=O. The van der Waals surface area contributed by atoms with Crippen molar-refractivity contribution in [3.05, 3.63) is 69.0 Å². The van der Waals surface area contributed by atoms with Gasteiger partial charge in [0.25, 0.3) is 5.56 Å². The first-order valence-electron chi connectivity index (χ1n) is 10.7. The molecule has 0 radical (unpaired) electrons. The van der Waals surface area contributed by atoms with E-state index in [9.17, 15) is 9.59 Å². The second-order valence-electron chi connectivity index (χ2n) is 7.83. The molecule has 1 aliphatic rings. The molecule has 6 heteroatoms. The van der Waals surface area contributed by atoms with Crippen molar-refractivity contribution in [2.45, 2.75) is 39.2 Å². The molecule has 4 rings (SSSR count). The molecule has 3 aromatic rings. The number of aryl methyl sites for hydroxylation is 1. The third-order valence-electron chi connectivity index (χ3n) is 6.14. The summed E-state index contributed by atoms with van der Waals surface area (Å²) >= 11 is 0. The van der Waals surface area contributed by atoms with Gasteiger partial charge in [-0.15, -0.1) is 0 Å². The summed E-state index contributed by atoms with van der Waals surface area (Å²) in [5.74, 6) is 1.25. The largest absolute Gasteiger partial charge is 0.493 e. The maximum Gasteiger partial charge on any atom is 0.254 e. The Bertz CT molecular complexity index is 1200. The van der Waals surface area contributed by atoms with Gasteiger partial charge in [-0.3, -0.25) is 9.59 Å². The number of aromatic nitrogens is 1. The van der Waals surface area contributed by atoms with E-state index in [1.807, 2.05) is 42.2 Å². The molecule has 31 heavy (non-hydrogen) atoms. The number of hydrogen-bond acceptors (Lipinski definition) is 4. The van der Waals surface area contributed by atoms with Crippen molar-refractivity contribution in [2.24, 2.45) is 0 Å². The highest BCUT2D eigenvalue weighted by Crippen LogP contribution is 2.40. The van der Waals surface area contributed by atoms with E-state index < -0.39 is 6.04 Å². The van der Waals surface area contributed by atoms with E-state index in [0.29, 0.717) is 36.4 Å². The van der Waals surface area contributed by atoms with Crippen LogP contribution in [0.5, 0.6) is 11.5 Å². The summed E-state index contributed by atoms with van der Waals surface area (Å²) in [5.41, 5.74) is 4.34. The third-order valence-corrected chi connectivity index (χ3v) is 6.14. The molecule has 0 fully saturated rings. The third kappa shape index (κ3) is 3.67. The van der Waals surface area contributed by atoms with Crippen LogP contribution >= 0.6 is 0 Å². The Labute approximate surface area is 181 Å². The average Bonchev–Trinajstić information content (AvgIpc) is 2.81. The first-order valence-corrected chi connectivity index (χ1v) is 10.7. The quantitative estimate of drug-likeness (QED) is 0.677. The smallest absolute Gasteiger partial charge is 0.254 e. The number of carbonyl (C=O) groups excluding carboxylic acids is 1. The van der Waals surface area contributed by atoms with E-state index in [4.69, 9.17) is 9.47 Å². The monoisotopic (exact) mass is 420 g/mol. The number of nitrogens with zero attached hydrogens (tertiary/aromatic N) is 1. The molecule has 0 saturated carbocycles. The van der Waals surface area contributed by atoms with E-state index in [0.717, 1.165) is 28.5 Å². The molecule has 1 aromatic heterocycles. The second-order valence-corrected chi connectivity index (χ2v) is 7.83. The molecule has 2 heterocycles. The van der Waals surface area contributed by atoms with Crippen molar-refractivity contribution in [3.63, 3.8) is 0 Å². The molecule has 1 aliphatic heterocycles. The predicted octanol–water partition coefficient (Wildman–Crippen LogP) is 3.99. The van der Waals surface area contributed by atoms with Crippen LogP contribution in [0.1, 0.15) is 48.6 Å². The van der Waals surface area contributed by atoms with Gasteiger partial charge in [0, 0.05) is 24.0 Å². The Morgan fingerprint density at radius 3 is 2.48 bits per heavy atom. The van der Waals surface area contributed by atoms with E-state index in [-0.39, 0.29) is 11.5 Å². The Morgan fingerprint density at radius 2 is 1.81 bits per heavy atom. The molecule has 0 spiro atoms. The van der Waals surface area contributed by atoms with Crippen molar-refractivity contribution in [1.29, 1.82) is 0 Å². The van der Waals surface area contributed by atoms with Crippen LogP contribution in [0.2, 0.25) is 0 Å². The molecule has 0 saturated heterocycles. The minimum absolute atomic E-state index is 0.0206. The number of aromatic amines is 1. The fourth-order valence-corrected chi connectivity index (χ4v) is 4.45. The highest BCUT2D eigenvalue weighted by atomic mass is 16.5. The summed E-state index contributed by atoms with van der Waals surface area (Å²) in [6.45, 7) is 4.50. The maximum atomic E-state index is 13.2. The van der Waals surface area contributed by atoms with Crippen molar-refractivity contribution < 1.29 is 14.3 Å². The van der Waals surface area contributed by atoms with Crippen LogP contribution in [0, 0.1) is 0 Å². The minimum atomic E-state index is -0.477. The maximum absolute atomic E-state index is 13.2. The Balaban J connectivity index is 1.96. The van der Waals surface area contributed by atoms with Gasteiger partial charge in [0.05, 0.1) is 20.3 Å². The fraction of sp³-hybridized carbons (Fsp3) is 0.360. The zero-order chi connectivity index (χ0) is 22.1. The van der Waals surface area contributed by atoms with Crippen LogP contribution in [0.4, 0.5) is 0 Å². The number of rotatable bonds is 5. The van der Waals surface area contributed by atoms with Crippen LogP contribution in [0.15, 0.2) is 41.2 Å². The first-order chi connectivity index (χ1) is 15.0. The predicted molar refractivity (Wildman–Crippen MR) is 121 cm³/mol. The summed E-state index contributed by atoms with van der Waals surface area (Å²) < 4.78 is 11.0. The molecule has 2 aromatic carbocycles. The van der Waals surface area contributed by atoms with Gasteiger partial charge in [0.1, 0.15) is 0 Å². The number of pyridine rings is 1. The molecule has 1 amide bonds. The van der Waals surface area contributed by atoms with Crippen LogP contribution in [0.25, 0.3) is 10.9 Å². The molecular weight excluding hydrogens is 392 g/mol. The summed E-state index contributed by atoms with van der Waals surface area (Å²) in [5, 5.41) is 0.963. The summed E-state index contributed by atoms with van der Waals surface area (Å²) in [6.07, 6.45) is 1.99. The molecular formula is C25H28N2O4. The van der Waals surface area contributed by atoms with Gasteiger partial charge >= 0.3 is 0 Å². The van der Waals surface area contributed by atoms with Gasteiger partial charge < -0.3 is 19.4 Å². The zero-order valence-electron chi connectivity index (χ0n) is 18.5. The standard InChI is InChI=1S/C25H28N2O4/c1-5-15-7-8-20-17(11-15)12-19(25(29)26-20)24-18-14-22(31-4)21(30-3)13-16(18)9-10-27(24)23(28)6-2/h7-8,11-14,24H,5-6,9-10H2,1-4H3,(H,26,29). The van der Waals surface area contributed by atoms with E-state index in [2.05, 4.69) is 18.0 Å². The highest BCUT2D eigenvalue weighted by molar-refractivity contribution is 5.81. The van der Waals surface area contributed by atoms with Crippen LogP contribution < -0.4 is 15.0 Å². The number of hydrogen-bond donors (Lipinski definition) is 1. The second kappa shape index (κ2) is 8.46. The van der Waals surface area contributed by atoms with Gasteiger partial charge in [0.15, 0.2) is 11.5 Å². The lowest BCUT2D eigenvalue weighted by Crippen LogP contribution is -2.42. The Hall–Kier alpha value is -3.28. The van der Waals surface area contributed by atoms with Gasteiger partial charge in [0.2, 0.25) is 5.91 Å². The number of carbonyl (C=O) groups is 1. The molecule has 0 bridgehead atoms. The van der Waals surface area contributed by atoms with Crippen LogP contribution in [-0.2, 0) is 17.6 Å². The van der Waals surface area contributed by atoms with Gasteiger partial charge in [-0.05, 0) is 65.3 Å². The number of H-pyrrole nitrogens is 1. The average molecular weight is 421 g/mol. The summed E-state index contributed by atoms with van der Waals surface area (Å²) in [6, 6.07) is 11.4. The fourth-order valence-electron chi connectivity index (χ4n) is 4.45. The molecule has 162 valence electrons. The lowest BCUT2D eigenvalue weighted by atomic mass is 9.87. The minimum Gasteiger partial charge on any atom is -0.493 e. The Kier molecular flexibility index (Phi) is 5.72. The zero-order valence-corrected chi connectivity index (χ0v) is 18.5. The van der Waals surface area contributed by atoms with Crippen molar-refractivity contribution in [2.75, 3.05) is 20.8 Å². The lowest BCUT2D eigenvalue weighted by Gasteiger charge is -2.37. The van der Waals surface area contributed by atoms with Crippen molar-refractivity contribution in [3.8, 4) is 11.5 Å². The summed E-state index contributed by atoms with van der Waals surface area (Å²) in [7, 11) is 3.20. The molecule has 1 N–H and O–H groups in total. The van der Waals surface area contributed by atoms with Gasteiger partial charge in [-0.1, -0.05) is 19.9 Å². The van der Waals surface area contributed by atoms with E-state index in [1.165, 1.54) is 5.56 Å². The van der Waals surface area contributed by atoms with Crippen LogP contribution in [-0.4, -0.2) is 36.6 Å². The summed E-state index contributed by atoms with van der Waals surface area (Å²) in [4.78, 5) is 30.9. The number of nitrogens with one attached hydrogen (secondary N) is 1. The molecule has 0 aliphatic carbocycles. The molecule has 1 atom stereocenters. The topological polar surface area (TPSA) is 71.6 Å². The van der Waals surface area contributed by atoms with E-state index in [1.54, 1.807) is 14.2 Å². The normalized spacial score (nSPS) is 15.6. The molecule has 6 nitrogen and oxygen atoms in total. The number of benzene rings is 2. The van der Waals surface area contributed by atoms with E-state index >= 15 is 0 Å². The number of ether oxygens (including phenoxy) is 2. The van der Waals surface area contributed by atoms with Crippen molar-refractivity contribution in [1.82, 2.24) is 9.88 Å². The number of methoxy groups -OCH3 is 2. The first kappa shape index (κ1) is 21.0. The van der Waals surface area contributed by atoms with Crippen LogP contribution in [0.3, 0.4) is 0 Å². The molecule has 1 unspecified atom stereocenters. The Morgan fingerprint density at radius 1 is 1.06 bits per heavy atom. The van der Waals surface area contributed by atoms with Gasteiger partial charge in [-0.2, -0.15) is 0 Å². The number of amides is 1.